The van der Waals surface area contributed by atoms with E-state index in [1.165, 1.54) is 86.9 Å². The summed E-state index contributed by atoms with van der Waals surface area (Å²) in [6.45, 7) is 0. The second-order valence-corrected chi connectivity index (χ2v) is 21.3. The Morgan fingerprint density at radius 2 is 0.662 bits per heavy atom. The molecular formula is C74H50N2S. The van der Waals surface area contributed by atoms with Crippen LogP contribution in [0.2, 0.25) is 0 Å². The van der Waals surface area contributed by atoms with E-state index < -0.39 is 10.8 Å². The van der Waals surface area contributed by atoms with Gasteiger partial charge in [-0.05, 0) is 140 Å². The molecule has 2 aliphatic rings. The Morgan fingerprint density at radius 1 is 0.260 bits per heavy atom. The van der Waals surface area contributed by atoms with Crippen LogP contribution in [-0.2, 0) is 10.8 Å². The minimum absolute atomic E-state index is 0.636. The zero-order chi connectivity index (χ0) is 50.9. The fourth-order valence-electron chi connectivity index (χ4n) is 13.3. The molecule has 0 aliphatic heterocycles. The molecule has 0 bridgehead atoms. The Labute approximate surface area is 453 Å². The molecule has 0 unspecified atom stereocenters. The van der Waals surface area contributed by atoms with E-state index in [0.29, 0.717) is 0 Å². The van der Waals surface area contributed by atoms with Crippen molar-refractivity contribution >= 4 is 65.6 Å². The normalized spacial score (nSPS) is 13.4. The Hall–Kier alpha value is -9.54. The van der Waals surface area contributed by atoms with E-state index in [-0.39, 0.29) is 0 Å². The van der Waals surface area contributed by atoms with Crippen molar-refractivity contribution in [2.75, 3.05) is 9.80 Å². The van der Waals surface area contributed by atoms with Crippen LogP contribution in [0.5, 0.6) is 0 Å². The van der Waals surface area contributed by atoms with E-state index in [2.05, 4.69) is 313 Å². The molecule has 1 aromatic heterocycles. The van der Waals surface area contributed by atoms with Crippen molar-refractivity contribution in [3.8, 4) is 22.3 Å². The molecule has 0 atom stereocenters. The molecule has 0 amide bonds. The fourth-order valence-corrected chi connectivity index (χ4v) is 14.5. The lowest BCUT2D eigenvalue weighted by Gasteiger charge is -2.50. The van der Waals surface area contributed by atoms with Gasteiger partial charge in [-0.25, -0.2) is 0 Å². The first-order chi connectivity index (χ1) is 38.2. The van der Waals surface area contributed by atoms with Gasteiger partial charge in [0.1, 0.15) is 0 Å². The van der Waals surface area contributed by atoms with Gasteiger partial charge in [-0.3, -0.25) is 0 Å². The number of thiophene rings is 1. The third kappa shape index (κ3) is 6.80. The van der Waals surface area contributed by atoms with Crippen LogP contribution < -0.4 is 9.80 Å². The minimum atomic E-state index is -0.761. The van der Waals surface area contributed by atoms with Crippen molar-refractivity contribution in [3.63, 3.8) is 0 Å². The van der Waals surface area contributed by atoms with Crippen LogP contribution >= 0.6 is 11.3 Å². The molecule has 1 spiro atoms. The van der Waals surface area contributed by atoms with Crippen LogP contribution in [0.25, 0.3) is 42.4 Å². The molecule has 15 rings (SSSR count). The molecule has 0 N–H and O–H groups in total. The number of rotatable bonds is 9. The van der Waals surface area contributed by atoms with Crippen molar-refractivity contribution in [1.29, 1.82) is 0 Å². The second kappa shape index (κ2) is 18.1. The first-order valence-electron chi connectivity index (χ1n) is 26.6. The molecular weight excluding hydrogens is 949 g/mol. The highest BCUT2D eigenvalue weighted by Gasteiger charge is 2.57. The predicted molar refractivity (Wildman–Crippen MR) is 323 cm³/mol. The largest absolute Gasteiger partial charge is 0.310 e. The number of hydrogen-bond acceptors (Lipinski definition) is 3. The van der Waals surface area contributed by atoms with Crippen LogP contribution in [0, 0.1) is 0 Å². The van der Waals surface area contributed by atoms with Crippen molar-refractivity contribution in [1.82, 2.24) is 0 Å². The van der Waals surface area contributed by atoms with Gasteiger partial charge < -0.3 is 9.80 Å². The molecule has 0 saturated heterocycles. The molecule has 2 aliphatic carbocycles. The van der Waals surface area contributed by atoms with Gasteiger partial charge in [-0.2, -0.15) is 0 Å². The number of nitrogens with zero attached hydrogens (tertiary/aromatic N) is 2. The molecule has 77 heavy (non-hydrogen) atoms. The molecule has 2 nitrogen and oxygen atoms in total. The first-order valence-corrected chi connectivity index (χ1v) is 27.4. The summed E-state index contributed by atoms with van der Waals surface area (Å²) in [7, 11) is 0. The van der Waals surface area contributed by atoms with Gasteiger partial charge >= 0.3 is 0 Å². The molecule has 362 valence electrons. The summed E-state index contributed by atoms with van der Waals surface area (Å²) in [5.41, 5.74) is 20.2. The van der Waals surface area contributed by atoms with E-state index >= 15 is 0 Å². The zero-order valence-electron chi connectivity index (χ0n) is 42.2. The highest BCUT2D eigenvalue weighted by Crippen LogP contribution is 2.66. The summed E-state index contributed by atoms with van der Waals surface area (Å²) < 4.78 is 2.54. The standard InChI is InChI=1S/C74H50N2S/c1-6-23-51(24-7-1)52-41-43-57(44-42-52)76(70-39-22-34-63-62-33-16-21-40-71(62)77-72(63)70)59-46-48-61-60-47-45-58(75(55-29-12-4-13-30-55)56-31-14-5-15-32-56)49-68(60)74(69(61)50-59)66-37-19-17-35-64(66)73(53-25-8-2-9-26-53,54-27-10-3-11-28-54)65-36-18-20-38-67(65)74/h1-50H. The Morgan fingerprint density at radius 3 is 1.21 bits per heavy atom. The summed E-state index contributed by atoms with van der Waals surface area (Å²) in [5.74, 6) is 0. The molecule has 1 heterocycles. The van der Waals surface area contributed by atoms with Crippen molar-refractivity contribution in [3.05, 3.63) is 348 Å². The van der Waals surface area contributed by atoms with Crippen LogP contribution in [0.4, 0.5) is 34.1 Å². The highest BCUT2D eigenvalue weighted by atomic mass is 32.1. The lowest BCUT2D eigenvalue weighted by Crippen LogP contribution is -2.44. The lowest BCUT2D eigenvalue weighted by atomic mass is 9.51. The van der Waals surface area contributed by atoms with Gasteiger partial charge in [0.05, 0.1) is 21.2 Å². The smallest absolute Gasteiger partial charge is 0.0721 e. The van der Waals surface area contributed by atoms with E-state index in [4.69, 9.17) is 0 Å². The van der Waals surface area contributed by atoms with Crippen LogP contribution in [0.15, 0.2) is 303 Å². The summed E-state index contributed by atoms with van der Waals surface area (Å²) in [4.78, 5) is 4.92. The number of anilines is 6. The number of fused-ring (bicyclic) bond motifs is 12. The zero-order valence-corrected chi connectivity index (χ0v) is 43.0. The first kappa shape index (κ1) is 44.9. The third-order valence-electron chi connectivity index (χ3n) is 16.4. The quantitative estimate of drug-likeness (QED) is 0.142. The Kier molecular flexibility index (Phi) is 10.6. The van der Waals surface area contributed by atoms with Crippen molar-refractivity contribution < 1.29 is 0 Å². The summed E-state index contributed by atoms with van der Waals surface area (Å²) >= 11 is 1.87. The number of hydrogen-bond donors (Lipinski definition) is 0. The average molecular weight is 999 g/mol. The molecule has 3 heteroatoms. The maximum Gasteiger partial charge on any atom is 0.0721 e. The average Bonchev–Trinajstić information content (AvgIpc) is 4.16. The van der Waals surface area contributed by atoms with Gasteiger partial charge in [-0.15, -0.1) is 11.3 Å². The summed E-state index contributed by atoms with van der Waals surface area (Å²) in [6, 6.07) is 113. The number of benzene rings is 12. The molecule has 12 aromatic carbocycles. The molecule has 0 radical (unpaired) electrons. The van der Waals surface area contributed by atoms with Crippen LogP contribution in [0.1, 0.15) is 44.5 Å². The van der Waals surface area contributed by atoms with Crippen LogP contribution in [-0.4, -0.2) is 0 Å². The van der Waals surface area contributed by atoms with E-state index in [0.717, 1.165) is 34.1 Å². The summed E-state index contributed by atoms with van der Waals surface area (Å²) in [6.07, 6.45) is 0. The monoisotopic (exact) mass is 998 g/mol. The summed E-state index contributed by atoms with van der Waals surface area (Å²) in [5, 5.41) is 2.55. The lowest BCUT2D eigenvalue weighted by molar-refractivity contribution is 0.623. The van der Waals surface area contributed by atoms with Gasteiger partial charge in [-0.1, -0.05) is 231 Å². The van der Waals surface area contributed by atoms with Gasteiger partial charge in [0.15, 0.2) is 0 Å². The maximum absolute atomic E-state index is 2.55. The van der Waals surface area contributed by atoms with Crippen molar-refractivity contribution in [2.45, 2.75) is 10.8 Å². The Bertz CT molecular complexity index is 4190. The SMILES string of the molecule is c1ccc(-c2ccc(N(c3ccc4c(c3)C3(c5cc(N(c6ccccc6)c6ccccc6)ccc5-4)c4ccccc4C(c4ccccc4)(c4ccccc4)c4ccccc43)c3cccc4c3sc3ccccc34)cc2)cc1. The molecule has 13 aromatic rings. The Balaban J connectivity index is 1.04. The van der Waals surface area contributed by atoms with E-state index in [9.17, 15) is 0 Å². The topological polar surface area (TPSA) is 6.48 Å². The van der Waals surface area contributed by atoms with Crippen molar-refractivity contribution in [2.24, 2.45) is 0 Å². The van der Waals surface area contributed by atoms with Gasteiger partial charge in [0, 0.05) is 43.9 Å². The molecule has 0 saturated carbocycles. The van der Waals surface area contributed by atoms with Gasteiger partial charge in [0.25, 0.3) is 0 Å². The van der Waals surface area contributed by atoms with Crippen LogP contribution in [0.3, 0.4) is 0 Å². The second-order valence-electron chi connectivity index (χ2n) is 20.3. The maximum atomic E-state index is 2.55. The third-order valence-corrected chi connectivity index (χ3v) is 17.6. The van der Waals surface area contributed by atoms with Gasteiger partial charge in [0.2, 0.25) is 0 Å². The fraction of sp³-hybridized carbons (Fsp3) is 0.0270. The number of para-hydroxylation sites is 2. The molecule has 0 fully saturated rings. The van der Waals surface area contributed by atoms with E-state index in [1.807, 2.05) is 11.3 Å². The predicted octanol–water partition coefficient (Wildman–Crippen LogP) is 19.7. The minimum Gasteiger partial charge on any atom is -0.310 e. The van der Waals surface area contributed by atoms with E-state index in [1.54, 1.807) is 0 Å². The highest BCUT2D eigenvalue weighted by molar-refractivity contribution is 7.26.